The Morgan fingerprint density at radius 2 is 2.04 bits per heavy atom. The molecule has 6 nitrogen and oxygen atoms in total. The second-order valence-corrected chi connectivity index (χ2v) is 6.38. The topological polar surface area (TPSA) is 102 Å². The molecule has 4 rings (SSSR count). The van der Waals surface area contributed by atoms with Gasteiger partial charge in [-0.25, -0.2) is 9.37 Å². The van der Waals surface area contributed by atoms with Crippen LogP contribution >= 0.6 is 0 Å². The fourth-order valence-electron chi connectivity index (χ4n) is 3.31. The van der Waals surface area contributed by atoms with Gasteiger partial charge in [-0.2, -0.15) is 5.26 Å². The lowest BCUT2D eigenvalue weighted by atomic mass is 9.96. The van der Waals surface area contributed by atoms with Crippen LogP contribution in [0.2, 0.25) is 0 Å². The summed E-state index contributed by atoms with van der Waals surface area (Å²) >= 11 is 0. The highest BCUT2D eigenvalue weighted by Crippen LogP contribution is 2.32. The predicted molar refractivity (Wildman–Crippen MR) is 96.9 cm³/mol. The second kappa shape index (κ2) is 6.43. The lowest BCUT2D eigenvalue weighted by Crippen LogP contribution is -2.14. The molecule has 0 saturated carbocycles. The number of H-pyrrole nitrogens is 1. The zero-order chi connectivity index (χ0) is 19.1. The highest BCUT2D eigenvalue weighted by atomic mass is 19.1. The first-order chi connectivity index (χ1) is 13.0. The van der Waals surface area contributed by atoms with Gasteiger partial charge in [-0.15, -0.1) is 0 Å². The minimum absolute atomic E-state index is 0.0699. The van der Waals surface area contributed by atoms with Crippen LogP contribution in [0.15, 0.2) is 41.2 Å². The number of fused-ring (bicyclic) bond motifs is 1. The van der Waals surface area contributed by atoms with Gasteiger partial charge in [0.2, 0.25) is 0 Å². The number of aliphatic hydroxyl groups excluding tert-OH is 1. The first-order valence-electron chi connectivity index (χ1n) is 8.33. The molecule has 7 heteroatoms. The lowest BCUT2D eigenvalue weighted by molar-refractivity contribution is 0.151. The Kier molecular flexibility index (Phi) is 4.07. The Balaban J connectivity index is 1.94. The van der Waals surface area contributed by atoms with E-state index >= 15 is 0 Å². The summed E-state index contributed by atoms with van der Waals surface area (Å²) < 4.78 is 14.1. The summed E-state index contributed by atoms with van der Waals surface area (Å²) in [5, 5.41) is 21.7. The maximum absolute atomic E-state index is 14.1. The normalized spacial score (nSPS) is 15.4. The van der Waals surface area contributed by atoms with Gasteiger partial charge in [0.15, 0.2) is 0 Å². The Morgan fingerprint density at radius 1 is 1.26 bits per heavy atom. The number of hydrogen-bond acceptors (Lipinski definition) is 5. The number of nitrogens with one attached hydrogen (secondary N) is 2. The van der Waals surface area contributed by atoms with Crippen LogP contribution in [0, 0.1) is 24.1 Å². The monoisotopic (exact) mass is 362 g/mol. The van der Waals surface area contributed by atoms with Gasteiger partial charge in [0, 0.05) is 12.1 Å². The molecule has 3 aromatic rings. The number of rotatable bonds is 2. The molecule has 0 amide bonds. The summed E-state index contributed by atoms with van der Waals surface area (Å²) in [6, 6.07) is 11.3. The van der Waals surface area contributed by atoms with Crippen molar-refractivity contribution in [3.8, 4) is 28.5 Å². The van der Waals surface area contributed by atoms with E-state index in [0.29, 0.717) is 34.8 Å². The molecule has 0 saturated heterocycles. The molecule has 27 heavy (non-hydrogen) atoms. The predicted octanol–water partition coefficient (Wildman–Crippen LogP) is 2.52. The molecular weight excluding hydrogens is 347 g/mol. The Labute approximate surface area is 154 Å². The van der Waals surface area contributed by atoms with Gasteiger partial charge < -0.3 is 10.1 Å². The largest absolute Gasteiger partial charge is 0.374 e. The second-order valence-electron chi connectivity index (χ2n) is 6.38. The molecule has 0 aliphatic carbocycles. The Morgan fingerprint density at radius 3 is 2.78 bits per heavy atom. The standard InChI is InChI=1S/C20H15FN4O2/c1-10-24-18(12-2-3-13(8-22)16(21)7-12)17(20(27)25-10)11-4-5-15-14(6-11)9-23-19(15)26/h2-7,19,23,26H,9H2,1H3,(H,24,25,27). The van der Waals surface area contributed by atoms with Crippen LogP contribution in [0.25, 0.3) is 22.4 Å². The first-order valence-corrected chi connectivity index (χ1v) is 8.33. The van der Waals surface area contributed by atoms with Crippen molar-refractivity contribution in [1.29, 1.82) is 5.26 Å². The van der Waals surface area contributed by atoms with Crippen molar-refractivity contribution < 1.29 is 9.50 Å². The molecule has 134 valence electrons. The molecule has 2 aromatic carbocycles. The summed E-state index contributed by atoms with van der Waals surface area (Å²) in [6.45, 7) is 2.14. The van der Waals surface area contributed by atoms with E-state index in [9.17, 15) is 14.3 Å². The van der Waals surface area contributed by atoms with E-state index in [4.69, 9.17) is 5.26 Å². The lowest BCUT2D eigenvalue weighted by Gasteiger charge is -2.11. The van der Waals surface area contributed by atoms with Crippen molar-refractivity contribution in [2.75, 3.05) is 0 Å². The van der Waals surface area contributed by atoms with Crippen LogP contribution in [0.3, 0.4) is 0 Å². The van der Waals surface area contributed by atoms with Crippen LogP contribution in [0.5, 0.6) is 0 Å². The highest BCUT2D eigenvalue weighted by molar-refractivity contribution is 5.81. The zero-order valence-electron chi connectivity index (χ0n) is 14.4. The number of nitrogens with zero attached hydrogens (tertiary/aromatic N) is 2. The van der Waals surface area contributed by atoms with Crippen LogP contribution in [0.4, 0.5) is 4.39 Å². The van der Waals surface area contributed by atoms with Gasteiger partial charge in [0.1, 0.15) is 23.9 Å². The molecule has 1 aromatic heterocycles. The van der Waals surface area contributed by atoms with Gasteiger partial charge in [-0.3, -0.25) is 10.1 Å². The third-order valence-corrected chi connectivity index (χ3v) is 4.61. The average Bonchev–Trinajstić information content (AvgIpc) is 3.01. The molecule has 3 N–H and O–H groups in total. The third kappa shape index (κ3) is 2.91. The van der Waals surface area contributed by atoms with Crippen molar-refractivity contribution in [2.24, 2.45) is 0 Å². The first kappa shape index (κ1) is 17.1. The van der Waals surface area contributed by atoms with E-state index in [-0.39, 0.29) is 11.1 Å². The van der Waals surface area contributed by atoms with Crippen molar-refractivity contribution >= 4 is 0 Å². The van der Waals surface area contributed by atoms with E-state index < -0.39 is 12.0 Å². The average molecular weight is 362 g/mol. The molecule has 0 fully saturated rings. The van der Waals surface area contributed by atoms with Gasteiger partial charge in [-0.1, -0.05) is 18.2 Å². The molecule has 2 heterocycles. The Hall–Kier alpha value is -3.34. The SMILES string of the molecule is Cc1nc(-c2ccc(C#N)c(F)c2)c(-c2ccc3c(c2)CNC3O)c(=O)[nH]1. The van der Waals surface area contributed by atoms with Crippen LogP contribution in [0.1, 0.15) is 28.7 Å². The van der Waals surface area contributed by atoms with Crippen LogP contribution in [-0.4, -0.2) is 15.1 Å². The maximum Gasteiger partial charge on any atom is 0.259 e. The summed E-state index contributed by atoms with van der Waals surface area (Å²) in [5.74, 6) is -0.260. The van der Waals surface area contributed by atoms with Crippen LogP contribution in [-0.2, 0) is 6.54 Å². The molecule has 1 aliphatic rings. The molecule has 1 aliphatic heterocycles. The number of aliphatic hydroxyl groups is 1. The molecule has 1 unspecified atom stereocenters. The van der Waals surface area contributed by atoms with Crippen molar-refractivity contribution in [1.82, 2.24) is 15.3 Å². The summed E-state index contributed by atoms with van der Waals surface area (Å²) in [7, 11) is 0. The number of halogens is 1. The quantitative estimate of drug-likeness (QED) is 0.650. The van der Waals surface area contributed by atoms with E-state index in [1.165, 1.54) is 12.1 Å². The minimum Gasteiger partial charge on any atom is -0.374 e. The molecule has 0 radical (unpaired) electrons. The van der Waals surface area contributed by atoms with Gasteiger partial charge in [0.25, 0.3) is 5.56 Å². The van der Waals surface area contributed by atoms with Crippen molar-refractivity contribution in [3.63, 3.8) is 0 Å². The zero-order valence-corrected chi connectivity index (χ0v) is 14.4. The van der Waals surface area contributed by atoms with Crippen LogP contribution < -0.4 is 10.9 Å². The third-order valence-electron chi connectivity index (χ3n) is 4.61. The number of nitriles is 1. The smallest absolute Gasteiger partial charge is 0.259 e. The summed E-state index contributed by atoms with van der Waals surface area (Å²) in [6.07, 6.45) is -0.726. The number of hydrogen-bond donors (Lipinski definition) is 3. The minimum atomic E-state index is -0.726. The Bertz CT molecular complexity index is 1160. The van der Waals surface area contributed by atoms with Gasteiger partial charge in [0.05, 0.1) is 16.8 Å². The number of aryl methyl sites for hydroxylation is 1. The highest BCUT2D eigenvalue weighted by Gasteiger charge is 2.22. The fraction of sp³-hybridized carbons (Fsp3) is 0.150. The van der Waals surface area contributed by atoms with Gasteiger partial charge in [-0.05, 0) is 41.8 Å². The molecule has 0 spiro atoms. The van der Waals surface area contributed by atoms with E-state index in [0.717, 1.165) is 11.1 Å². The van der Waals surface area contributed by atoms with E-state index in [2.05, 4.69) is 15.3 Å². The fourth-order valence-corrected chi connectivity index (χ4v) is 3.31. The number of aromatic amines is 1. The molecule has 1 atom stereocenters. The molecular formula is C20H15FN4O2. The summed E-state index contributed by atoms with van der Waals surface area (Å²) in [4.78, 5) is 19.8. The van der Waals surface area contributed by atoms with Crippen molar-refractivity contribution in [2.45, 2.75) is 19.7 Å². The molecule has 0 bridgehead atoms. The number of aromatic nitrogens is 2. The summed E-state index contributed by atoms with van der Waals surface area (Å²) in [5.41, 5.74) is 2.93. The van der Waals surface area contributed by atoms with Gasteiger partial charge >= 0.3 is 0 Å². The van der Waals surface area contributed by atoms with Crippen molar-refractivity contribution in [3.05, 3.63) is 75.1 Å². The van der Waals surface area contributed by atoms with E-state index in [1.54, 1.807) is 31.2 Å². The number of benzene rings is 2. The van der Waals surface area contributed by atoms with E-state index in [1.807, 2.05) is 6.07 Å². The maximum atomic E-state index is 14.1.